The van der Waals surface area contributed by atoms with E-state index in [1.807, 2.05) is 13.8 Å². The van der Waals surface area contributed by atoms with Gasteiger partial charge >= 0.3 is 5.97 Å². The minimum Gasteiger partial charge on any atom is -0.466 e. The lowest BCUT2D eigenvalue weighted by molar-refractivity contribution is -0.219. The molecule has 1 aliphatic heterocycles. The fourth-order valence-corrected chi connectivity index (χ4v) is 1.44. The molecular weight excluding hydrogens is 184 g/mol. The van der Waals surface area contributed by atoms with E-state index in [4.69, 9.17) is 14.2 Å². The molecule has 0 aliphatic carbocycles. The molecule has 1 aliphatic rings. The maximum absolute atomic E-state index is 11.1. The van der Waals surface area contributed by atoms with Gasteiger partial charge in [-0.2, -0.15) is 0 Å². The molecule has 14 heavy (non-hydrogen) atoms. The van der Waals surface area contributed by atoms with Gasteiger partial charge in [0.05, 0.1) is 32.3 Å². The highest BCUT2D eigenvalue weighted by Gasteiger charge is 2.36. The summed E-state index contributed by atoms with van der Waals surface area (Å²) < 4.78 is 15.5. The molecule has 0 radical (unpaired) electrons. The molecule has 1 fully saturated rings. The summed E-state index contributed by atoms with van der Waals surface area (Å²) >= 11 is 0. The van der Waals surface area contributed by atoms with Crippen LogP contribution < -0.4 is 0 Å². The number of carbonyl (C=O) groups excluding carboxylic acids is 1. The van der Waals surface area contributed by atoms with Crippen molar-refractivity contribution < 1.29 is 19.0 Å². The third-order valence-electron chi connectivity index (χ3n) is 2.06. The summed E-state index contributed by atoms with van der Waals surface area (Å²) in [5, 5.41) is 0. The largest absolute Gasteiger partial charge is 0.466 e. The number of esters is 1. The van der Waals surface area contributed by atoms with Crippen LogP contribution in [0.2, 0.25) is 0 Å². The molecule has 0 bridgehead atoms. The first-order valence-electron chi connectivity index (χ1n) is 4.97. The smallest absolute Gasteiger partial charge is 0.308 e. The van der Waals surface area contributed by atoms with E-state index in [0.717, 1.165) is 0 Å². The van der Waals surface area contributed by atoms with Crippen LogP contribution in [0.1, 0.15) is 27.2 Å². The Labute approximate surface area is 84.5 Å². The van der Waals surface area contributed by atoms with Crippen molar-refractivity contribution >= 4 is 5.97 Å². The van der Waals surface area contributed by atoms with E-state index in [-0.39, 0.29) is 17.7 Å². The summed E-state index contributed by atoms with van der Waals surface area (Å²) in [5.74, 6) is -0.205. The number of hydrogen-bond donors (Lipinski definition) is 0. The van der Waals surface area contributed by atoms with Crippen molar-refractivity contribution in [1.29, 1.82) is 0 Å². The van der Waals surface area contributed by atoms with Crippen molar-refractivity contribution in [2.45, 2.75) is 38.9 Å². The predicted octanol–water partition coefficient (Wildman–Crippen LogP) is 1.13. The molecule has 1 unspecified atom stereocenters. The summed E-state index contributed by atoms with van der Waals surface area (Å²) in [6.07, 6.45) is 0.201. The van der Waals surface area contributed by atoms with Gasteiger partial charge in [-0.15, -0.1) is 0 Å². The number of ether oxygens (including phenoxy) is 3. The van der Waals surface area contributed by atoms with Gasteiger partial charge in [0.15, 0.2) is 0 Å². The molecule has 0 N–H and O–H groups in total. The van der Waals surface area contributed by atoms with Crippen LogP contribution in [0.4, 0.5) is 0 Å². The second kappa shape index (κ2) is 4.75. The molecule has 0 aromatic heterocycles. The fraction of sp³-hybridized carbons (Fsp3) is 0.900. The van der Waals surface area contributed by atoms with E-state index >= 15 is 0 Å². The Balaban J connectivity index is 2.21. The first-order chi connectivity index (χ1) is 6.56. The quantitative estimate of drug-likeness (QED) is 0.627. The van der Waals surface area contributed by atoms with Crippen molar-refractivity contribution in [3.05, 3.63) is 0 Å². The topological polar surface area (TPSA) is 44.8 Å². The SMILES string of the molecule is CCOC(=O)CC(C)OC1(C)COC1. The normalized spacial score (nSPS) is 21.1. The predicted molar refractivity (Wildman–Crippen MR) is 51.0 cm³/mol. The third kappa shape index (κ3) is 3.27. The van der Waals surface area contributed by atoms with Crippen LogP contribution >= 0.6 is 0 Å². The second-order valence-electron chi connectivity index (χ2n) is 3.88. The van der Waals surface area contributed by atoms with Gasteiger partial charge in [0, 0.05) is 0 Å². The number of carbonyl (C=O) groups is 1. The third-order valence-corrected chi connectivity index (χ3v) is 2.06. The van der Waals surface area contributed by atoms with Crippen LogP contribution in [0.15, 0.2) is 0 Å². The highest BCUT2D eigenvalue weighted by atomic mass is 16.6. The molecule has 1 atom stereocenters. The summed E-state index contributed by atoms with van der Waals surface area (Å²) in [5.41, 5.74) is -0.202. The van der Waals surface area contributed by atoms with E-state index < -0.39 is 0 Å². The van der Waals surface area contributed by atoms with Gasteiger partial charge < -0.3 is 14.2 Å². The molecular formula is C10H18O4. The Bertz CT molecular complexity index is 198. The Kier molecular flexibility index (Phi) is 3.89. The van der Waals surface area contributed by atoms with E-state index in [2.05, 4.69) is 0 Å². The highest BCUT2D eigenvalue weighted by Crippen LogP contribution is 2.23. The van der Waals surface area contributed by atoms with Gasteiger partial charge in [-0.05, 0) is 20.8 Å². The molecule has 0 saturated carbocycles. The van der Waals surface area contributed by atoms with Crippen molar-refractivity contribution in [2.75, 3.05) is 19.8 Å². The Morgan fingerprint density at radius 2 is 2.21 bits per heavy atom. The minimum absolute atomic E-state index is 0.108. The van der Waals surface area contributed by atoms with Crippen LogP contribution in [-0.4, -0.2) is 37.5 Å². The van der Waals surface area contributed by atoms with Gasteiger partial charge in [0.1, 0.15) is 5.60 Å². The zero-order chi connectivity index (χ0) is 10.6. The number of rotatable bonds is 5. The monoisotopic (exact) mass is 202 g/mol. The van der Waals surface area contributed by atoms with E-state index in [0.29, 0.717) is 26.2 Å². The van der Waals surface area contributed by atoms with Gasteiger partial charge in [0.25, 0.3) is 0 Å². The van der Waals surface area contributed by atoms with E-state index in [1.165, 1.54) is 0 Å². The first-order valence-corrected chi connectivity index (χ1v) is 4.97. The molecule has 1 saturated heterocycles. The zero-order valence-electron chi connectivity index (χ0n) is 9.04. The standard InChI is InChI=1S/C10H18O4/c1-4-13-9(11)5-8(2)14-10(3)6-12-7-10/h8H,4-7H2,1-3H3. The zero-order valence-corrected chi connectivity index (χ0v) is 9.04. The van der Waals surface area contributed by atoms with Crippen molar-refractivity contribution in [2.24, 2.45) is 0 Å². The van der Waals surface area contributed by atoms with Crippen LogP contribution in [0.5, 0.6) is 0 Å². The maximum Gasteiger partial charge on any atom is 0.308 e. The van der Waals surface area contributed by atoms with Crippen LogP contribution in [0.3, 0.4) is 0 Å². The Morgan fingerprint density at radius 1 is 1.57 bits per heavy atom. The molecule has 4 heteroatoms. The average Bonchev–Trinajstić information content (AvgIpc) is 2.01. The summed E-state index contributed by atoms with van der Waals surface area (Å²) in [7, 11) is 0. The van der Waals surface area contributed by atoms with Crippen molar-refractivity contribution in [3.63, 3.8) is 0 Å². The van der Waals surface area contributed by atoms with Gasteiger partial charge in [-0.3, -0.25) is 4.79 Å². The van der Waals surface area contributed by atoms with Gasteiger partial charge in [-0.1, -0.05) is 0 Å². The number of hydrogen-bond acceptors (Lipinski definition) is 4. The molecule has 0 spiro atoms. The van der Waals surface area contributed by atoms with Gasteiger partial charge in [0.2, 0.25) is 0 Å². The highest BCUT2D eigenvalue weighted by molar-refractivity contribution is 5.69. The van der Waals surface area contributed by atoms with Gasteiger partial charge in [-0.25, -0.2) is 0 Å². The van der Waals surface area contributed by atoms with Crippen molar-refractivity contribution in [3.8, 4) is 0 Å². The lowest BCUT2D eigenvalue weighted by Gasteiger charge is -2.39. The first kappa shape index (κ1) is 11.5. The van der Waals surface area contributed by atoms with Crippen LogP contribution in [-0.2, 0) is 19.0 Å². The molecule has 0 aromatic carbocycles. The summed E-state index contributed by atoms with van der Waals surface area (Å²) in [4.78, 5) is 11.1. The average molecular weight is 202 g/mol. The Morgan fingerprint density at radius 3 is 2.64 bits per heavy atom. The molecule has 1 heterocycles. The van der Waals surface area contributed by atoms with E-state index in [1.54, 1.807) is 6.92 Å². The molecule has 0 amide bonds. The lowest BCUT2D eigenvalue weighted by atomic mass is 10.1. The molecule has 82 valence electrons. The minimum atomic E-state index is -0.205. The molecule has 4 nitrogen and oxygen atoms in total. The van der Waals surface area contributed by atoms with E-state index in [9.17, 15) is 4.79 Å². The molecule has 0 aromatic rings. The second-order valence-corrected chi connectivity index (χ2v) is 3.88. The summed E-state index contributed by atoms with van der Waals surface area (Å²) in [6.45, 7) is 7.30. The van der Waals surface area contributed by atoms with Crippen LogP contribution in [0.25, 0.3) is 0 Å². The van der Waals surface area contributed by atoms with Crippen molar-refractivity contribution in [1.82, 2.24) is 0 Å². The Hall–Kier alpha value is -0.610. The molecule has 1 rings (SSSR count). The summed E-state index contributed by atoms with van der Waals surface area (Å²) in [6, 6.07) is 0. The fourth-order valence-electron chi connectivity index (χ4n) is 1.44. The maximum atomic E-state index is 11.1. The lowest BCUT2D eigenvalue weighted by Crippen LogP contribution is -2.51. The van der Waals surface area contributed by atoms with Crippen LogP contribution in [0, 0.1) is 0 Å².